The minimum Gasteiger partial charge on any atom is -0.496 e. The largest absolute Gasteiger partial charge is 0.496 e. The van der Waals surface area contributed by atoms with Gasteiger partial charge in [0.15, 0.2) is 6.29 Å². The van der Waals surface area contributed by atoms with Gasteiger partial charge in [-0.3, -0.25) is 0 Å². The van der Waals surface area contributed by atoms with Crippen LogP contribution < -0.4 is 4.74 Å². The van der Waals surface area contributed by atoms with E-state index in [2.05, 4.69) is 60.7 Å². The summed E-state index contributed by atoms with van der Waals surface area (Å²) in [4.78, 5) is 0. The SMILES string of the molecule is COc1cc(CC[C@]23C=C[C@H](C[C@H]2C)O[C@H]3OC)c(I)cc1C. The number of ether oxygens (including phenoxy) is 3. The van der Waals surface area contributed by atoms with E-state index in [4.69, 9.17) is 14.2 Å². The molecular formula is C19H25IO3. The van der Waals surface area contributed by atoms with Crippen LogP contribution in [0, 0.1) is 21.8 Å². The molecule has 2 bridgehead atoms. The maximum atomic E-state index is 6.06. The number of hydrogen-bond donors (Lipinski definition) is 0. The molecule has 23 heavy (non-hydrogen) atoms. The molecular weight excluding hydrogens is 403 g/mol. The topological polar surface area (TPSA) is 27.7 Å². The van der Waals surface area contributed by atoms with Gasteiger partial charge in [-0.1, -0.05) is 19.1 Å². The second-order valence-electron chi connectivity index (χ2n) is 6.76. The molecule has 0 spiro atoms. The highest BCUT2D eigenvalue weighted by molar-refractivity contribution is 14.1. The van der Waals surface area contributed by atoms with E-state index in [1.807, 2.05) is 0 Å². The monoisotopic (exact) mass is 428 g/mol. The molecule has 4 rings (SSSR count). The number of fused-ring (bicyclic) bond motifs is 2. The van der Waals surface area contributed by atoms with Gasteiger partial charge < -0.3 is 14.2 Å². The summed E-state index contributed by atoms with van der Waals surface area (Å²) in [6.07, 6.45) is 7.76. The van der Waals surface area contributed by atoms with Crippen LogP contribution >= 0.6 is 22.6 Å². The molecule has 0 amide bonds. The number of hydrogen-bond acceptors (Lipinski definition) is 3. The minimum absolute atomic E-state index is 0.0231. The van der Waals surface area contributed by atoms with Crippen LogP contribution in [0.4, 0.5) is 0 Å². The summed E-state index contributed by atoms with van der Waals surface area (Å²) in [6, 6.07) is 4.38. The van der Waals surface area contributed by atoms with Gasteiger partial charge in [-0.25, -0.2) is 0 Å². The van der Waals surface area contributed by atoms with Gasteiger partial charge in [0.25, 0.3) is 0 Å². The first-order valence-corrected chi connectivity index (χ1v) is 9.28. The zero-order chi connectivity index (χ0) is 16.6. The third-order valence-electron chi connectivity index (χ3n) is 5.47. The predicted octanol–water partition coefficient (Wildman–Crippen LogP) is 4.49. The van der Waals surface area contributed by atoms with Gasteiger partial charge in [-0.05, 0) is 78.0 Å². The third kappa shape index (κ3) is 3.05. The maximum absolute atomic E-state index is 6.06. The number of rotatable bonds is 5. The van der Waals surface area contributed by atoms with Crippen LogP contribution in [0.3, 0.4) is 0 Å². The van der Waals surface area contributed by atoms with Crippen molar-refractivity contribution in [1.29, 1.82) is 0 Å². The summed E-state index contributed by atoms with van der Waals surface area (Å²) >= 11 is 2.42. The van der Waals surface area contributed by atoms with E-state index in [0.29, 0.717) is 5.92 Å². The van der Waals surface area contributed by atoms with Crippen LogP contribution in [0.1, 0.15) is 30.9 Å². The lowest BCUT2D eigenvalue weighted by Gasteiger charge is -2.51. The zero-order valence-electron chi connectivity index (χ0n) is 14.3. The predicted molar refractivity (Wildman–Crippen MR) is 99.8 cm³/mol. The highest BCUT2D eigenvalue weighted by atomic mass is 127. The summed E-state index contributed by atoms with van der Waals surface area (Å²) in [6.45, 7) is 4.41. The molecule has 4 heteroatoms. The van der Waals surface area contributed by atoms with E-state index in [1.54, 1.807) is 14.2 Å². The molecule has 1 aromatic carbocycles. The first-order valence-electron chi connectivity index (χ1n) is 8.21. The average Bonchev–Trinajstić information content (AvgIpc) is 2.54. The third-order valence-corrected chi connectivity index (χ3v) is 6.47. The lowest BCUT2D eigenvalue weighted by atomic mass is 9.64. The average molecular weight is 428 g/mol. The molecule has 1 aliphatic carbocycles. The number of methoxy groups -OCH3 is 2. The molecule has 1 aromatic rings. The second-order valence-corrected chi connectivity index (χ2v) is 7.93. The highest BCUT2D eigenvalue weighted by Gasteiger charge is 2.50. The Morgan fingerprint density at radius 1 is 1.35 bits per heavy atom. The van der Waals surface area contributed by atoms with E-state index in [1.165, 1.54) is 14.7 Å². The molecule has 2 heterocycles. The van der Waals surface area contributed by atoms with Gasteiger partial charge >= 0.3 is 0 Å². The van der Waals surface area contributed by atoms with E-state index in [-0.39, 0.29) is 17.8 Å². The van der Waals surface area contributed by atoms with E-state index >= 15 is 0 Å². The molecule has 0 aromatic heterocycles. The summed E-state index contributed by atoms with van der Waals surface area (Å²) < 4.78 is 18.5. The molecule has 1 saturated heterocycles. The van der Waals surface area contributed by atoms with Gasteiger partial charge in [0.2, 0.25) is 0 Å². The van der Waals surface area contributed by atoms with Crippen molar-refractivity contribution in [3.05, 3.63) is 39.0 Å². The molecule has 0 unspecified atom stereocenters. The summed E-state index contributed by atoms with van der Waals surface area (Å²) in [7, 11) is 3.49. The molecule has 0 radical (unpaired) electrons. The fourth-order valence-electron chi connectivity index (χ4n) is 3.97. The molecule has 0 saturated carbocycles. The Balaban J connectivity index is 1.84. The molecule has 2 aliphatic heterocycles. The van der Waals surface area contributed by atoms with Gasteiger partial charge in [0.05, 0.1) is 13.2 Å². The van der Waals surface area contributed by atoms with Crippen molar-refractivity contribution in [3.8, 4) is 5.75 Å². The van der Waals surface area contributed by atoms with Gasteiger partial charge in [0.1, 0.15) is 5.75 Å². The van der Waals surface area contributed by atoms with Gasteiger partial charge in [-0.2, -0.15) is 0 Å². The Kier molecular flexibility index (Phi) is 5.04. The Hall–Kier alpha value is -0.590. The molecule has 4 atom stereocenters. The van der Waals surface area contributed by atoms with Crippen molar-refractivity contribution in [2.24, 2.45) is 11.3 Å². The molecule has 0 N–H and O–H groups in total. The highest BCUT2D eigenvalue weighted by Crippen LogP contribution is 2.50. The standard InChI is InChI=1S/C19H25IO3/c1-12-9-16(20)14(11-17(12)21-3)5-7-19-8-6-15(10-13(19)2)23-18(19)22-4/h6,8-9,11,13,15,18H,5,7,10H2,1-4H3/t13-,15-,18-,19+/m1/s1. The van der Waals surface area contributed by atoms with Crippen molar-refractivity contribution in [2.75, 3.05) is 14.2 Å². The van der Waals surface area contributed by atoms with Crippen LogP contribution in [0.15, 0.2) is 24.3 Å². The van der Waals surface area contributed by atoms with E-state index in [9.17, 15) is 0 Å². The van der Waals surface area contributed by atoms with Gasteiger partial charge in [0, 0.05) is 16.1 Å². The Bertz CT molecular complexity index is 613. The van der Waals surface area contributed by atoms with Crippen molar-refractivity contribution < 1.29 is 14.2 Å². The van der Waals surface area contributed by atoms with E-state index < -0.39 is 0 Å². The van der Waals surface area contributed by atoms with Crippen LogP contribution in [-0.4, -0.2) is 26.6 Å². The molecule has 3 aliphatic rings. The number of aryl methyl sites for hydroxylation is 2. The first kappa shape index (κ1) is 17.2. The van der Waals surface area contributed by atoms with Gasteiger partial charge in [-0.15, -0.1) is 0 Å². The summed E-state index contributed by atoms with van der Waals surface area (Å²) in [5, 5.41) is 0. The summed E-state index contributed by atoms with van der Waals surface area (Å²) in [5.74, 6) is 1.54. The van der Waals surface area contributed by atoms with Crippen molar-refractivity contribution in [1.82, 2.24) is 0 Å². The van der Waals surface area contributed by atoms with Crippen molar-refractivity contribution in [3.63, 3.8) is 0 Å². The van der Waals surface area contributed by atoms with Crippen molar-refractivity contribution >= 4 is 22.6 Å². The van der Waals surface area contributed by atoms with E-state index in [0.717, 1.165) is 25.0 Å². The first-order chi connectivity index (χ1) is 11.0. The zero-order valence-corrected chi connectivity index (χ0v) is 16.4. The lowest BCUT2D eigenvalue weighted by Crippen LogP contribution is -2.52. The fourth-order valence-corrected chi connectivity index (χ4v) is 4.87. The van der Waals surface area contributed by atoms with Crippen molar-refractivity contribution in [2.45, 2.75) is 45.5 Å². The minimum atomic E-state index is -0.133. The van der Waals surface area contributed by atoms with Crippen LogP contribution in [0.5, 0.6) is 5.75 Å². The van der Waals surface area contributed by atoms with Crippen LogP contribution in [0.2, 0.25) is 0 Å². The summed E-state index contributed by atoms with van der Waals surface area (Å²) in [5.41, 5.74) is 2.50. The number of benzene rings is 1. The van der Waals surface area contributed by atoms with Crippen LogP contribution in [0.25, 0.3) is 0 Å². The molecule has 3 nitrogen and oxygen atoms in total. The number of halogens is 1. The fraction of sp³-hybridized carbons (Fsp3) is 0.579. The molecule has 1 fully saturated rings. The Morgan fingerprint density at radius 2 is 2.13 bits per heavy atom. The Labute approximate surface area is 152 Å². The smallest absolute Gasteiger partial charge is 0.167 e. The Morgan fingerprint density at radius 3 is 2.78 bits per heavy atom. The lowest BCUT2D eigenvalue weighted by molar-refractivity contribution is -0.249. The molecule has 126 valence electrons. The van der Waals surface area contributed by atoms with Crippen LogP contribution in [-0.2, 0) is 15.9 Å². The second kappa shape index (κ2) is 6.73. The normalized spacial score (nSPS) is 32.3. The maximum Gasteiger partial charge on any atom is 0.167 e. The quantitative estimate of drug-likeness (QED) is 0.511.